The Morgan fingerprint density at radius 3 is 2.28 bits per heavy atom. The summed E-state index contributed by atoms with van der Waals surface area (Å²) < 4.78 is 0. The number of benzene rings is 2. The van der Waals surface area contributed by atoms with Crippen LogP contribution in [0.25, 0.3) is 11.1 Å². The first kappa shape index (κ1) is 14.7. The lowest BCUT2D eigenvalue weighted by atomic mass is 9.99. The van der Waals surface area contributed by atoms with Crippen molar-refractivity contribution in [2.24, 2.45) is 5.73 Å². The van der Waals surface area contributed by atoms with Gasteiger partial charge in [-0.15, -0.1) is 12.4 Å². The average molecular weight is 262 g/mol. The van der Waals surface area contributed by atoms with Crippen LogP contribution in [0.4, 0.5) is 0 Å². The van der Waals surface area contributed by atoms with E-state index in [4.69, 9.17) is 5.73 Å². The molecule has 2 heteroatoms. The highest BCUT2D eigenvalue weighted by atomic mass is 35.5. The first-order valence-corrected chi connectivity index (χ1v) is 6.19. The maximum Gasteiger partial charge on any atom is 0.00767 e. The molecule has 0 fully saturated rings. The zero-order valence-electron chi connectivity index (χ0n) is 10.7. The third kappa shape index (κ3) is 3.86. The van der Waals surface area contributed by atoms with E-state index < -0.39 is 0 Å². The highest BCUT2D eigenvalue weighted by Gasteiger charge is 2.03. The number of rotatable bonds is 4. The first-order valence-electron chi connectivity index (χ1n) is 6.19. The Kier molecular flexibility index (Phi) is 5.90. The van der Waals surface area contributed by atoms with Gasteiger partial charge in [-0.25, -0.2) is 0 Å². The van der Waals surface area contributed by atoms with Gasteiger partial charge in [0.1, 0.15) is 0 Å². The molecule has 0 saturated carbocycles. The van der Waals surface area contributed by atoms with Gasteiger partial charge in [0.2, 0.25) is 0 Å². The topological polar surface area (TPSA) is 26.0 Å². The van der Waals surface area contributed by atoms with Crippen molar-refractivity contribution in [1.82, 2.24) is 0 Å². The molecule has 2 aromatic rings. The smallest absolute Gasteiger partial charge is 0.00767 e. The molecule has 2 aromatic carbocycles. The van der Waals surface area contributed by atoms with Crippen LogP contribution in [0.2, 0.25) is 0 Å². The molecular formula is C16H20ClN. The molecule has 1 nitrogen and oxygen atoms in total. The predicted octanol–water partition coefficient (Wildman–Crippen LogP) is 4.06. The Morgan fingerprint density at radius 1 is 0.944 bits per heavy atom. The summed E-state index contributed by atoms with van der Waals surface area (Å²) in [5.74, 6) is 0. The molecule has 0 aliphatic heterocycles. The van der Waals surface area contributed by atoms with Crippen molar-refractivity contribution in [2.45, 2.75) is 25.8 Å². The van der Waals surface area contributed by atoms with Crippen LogP contribution in [0.1, 0.15) is 18.9 Å². The Bertz CT molecular complexity index is 468. The minimum absolute atomic E-state index is 0. The van der Waals surface area contributed by atoms with Crippen LogP contribution in [-0.4, -0.2) is 6.04 Å². The lowest BCUT2D eigenvalue weighted by Gasteiger charge is -2.10. The van der Waals surface area contributed by atoms with E-state index in [2.05, 4.69) is 55.5 Å². The van der Waals surface area contributed by atoms with E-state index >= 15 is 0 Å². The highest BCUT2D eigenvalue weighted by molar-refractivity contribution is 5.85. The SMILES string of the molecule is CCC(N)Cc1cccc(-c2ccccc2)c1.Cl. The number of nitrogens with two attached hydrogens (primary N) is 1. The standard InChI is InChI=1S/C16H19N.ClH/c1-2-16(17)12-13-7-6-10-15(11-13)14-8-4-3-5-9-14;/h3-11,16H,2,12,17H2,1H3;1H. The van der Waals surface area contributed by atoms with Gasteiger partial charge < -0.3 is 5.73 Å². The van der Waals surface area contributed by atoms with E-state index in [1.165, 1.54) is 16.7 Å². The predicted molar refractivity (Wildman–Crippen MR) is 81.1 cm³/mol. The Balaban J connectivity index is 0.00000162. The fourth-order valence-corrected chi connectivity index (χ4v) is 1.96. The normalized spacial score (nSPS) is 11.7. The zero-order chi connectivity index (χ0) is 12.1. The molecule has 2 N–H and O–H groups in total. The van der Waals surface area contributed by atoms with Crippen LogP contribution in [0.15, 0.2) is 54.6 Å². The van der Waals surface area contributed by atoms with Crippen molar-refractivity contribution < 1.29 is 0 Å². The molecule has 0 spiro atoms. The van der Waals surface area contributed by atoms with E-state index in [0.717, 1.165) is 12.8 Å². The third-order valence-corrected chi connectivity index (χ3v) is 3.06. The molecular weight excluding hydrogens is 242 g/mol. The summed E-state index contributed by atoms with van der Waals surface area (Å²) in [6.07, 6.45) is 1.98. The molecule has 1 unspecified atom stereocenters. The Hall–Kier alpha value is -1.31. The van der Waals surface area contributed by atoms with Crippen LogP contribution in [-0.2, 0) is 6.42 Å². The minimum atomic E-state index is 0. The van der Waals surface area contributed by atoms with Crippen LogP contribution < -0.4 is 5.73 Å². The Labute approximate surface area is 115 Å². The van der Waals surface area contributed by atoms with Crippen LogP contribution >= 0.6 is 12.4 Å². The lowest BCUT2D eigenvalue weighted by Crippen LogP contribution is -2.21. The van der Waals surface area contributed by atoms with Gasteiger partial charge in [0.25, 0.3) is 0 Å². The van der Waals surface area contributed by atoms with Gasteiger partial charge in [-0.05, 0) is 29.5 Å². The summed E-state index contributed by atoms with van der Waals surface area (Å²) in [6.45, 7) is 2.13. The van der Waals surface area contributed by atoms with Crippen molar-refractivity contribution in [1.29, 1.82) is 0 Å². The molecule has 0 amide bonds. The van der Waals surface area contributed by atoms with Crippen molar-refractivity contribution in [2.75, 3.05) is 0 Å². The van der Waals surface area contributed by atoms with Gasteiger partial charge in [0.15, 0.2) is 0 Å². The molecule has 0 aliphatic rings. The molecule has 0 heterocycles. The van der Waals surface area contributed by atoms with Crippen molar-refractivity contribution in [3.63, 3.8) is 0 Å². The van der Waals surface area contributed by atoms with Gasteiger partial charge in [-0.1, -0.05) is 61.5 Å². The van der Waals surface area contributed by atoms with E-state index in [1.807, 2.05) is 6.07 Å². The summed E-state index contributed by atoms with van der Waals surface area (Å²) in [7, 11) is 0. The van der Waals surface area contributed by atoms with E-state index in [9.17, 15) is 0 Å². The van der Waals surface area contributed by atoms with E-state index in [-0.39, 0.29) is 18.4 Å². The van der Waals surface area contributed by atoms with Gasteiger partial charge in [0.05, 0.1) is 0 Å². The van der Waals surface area contributed by atoms with Crippen LogP contribution in [0.5, 0.6) is 0 Å². The second-order valence-electron chi connectivity index (χ2n) is 4.44. The molecule has 0 radical (unpaired) electrons. The molecule has 18 heavy (non-hydrogen) atoms. The number of hydrogen-bond acceptors (Lipinski definition) is 1. The highest BCUT2D eigenvalue weighted by Crippen LogP contribution is 2.20. The quantitative estimate of drug-likeness (QED) is 0.883. The second kappa shape index (κ2) is 7.20. The lowest BCUT2D eigenvalue weighted by molar-refractivity contribution is 0.646. The van der Waals surface area contributed by atoms with Crippen molar-refractivity contribution in [3.8, 4) is 11.1 Å². The zero-order valence-corrected chi connectivity index (χ0v) is 11.5. The molecule has 1 atom stereocenters. The van der Waals surface area contributed by atoms with Gasteiger partial charge >= 0.3 is 0 Å². The molecule has 2 rings (SSSR count). The molecule has 96 valence electrons. The van der Waals surface area contributed by atoms with Gasteiger partial charge in [-0.3, -0.25) is 0 Å². The average Bonchev–Trinajstić information content (AvgIpc) is 2.40. The maximum absolute atomic E-state index is 5.99. The van der Waals surface area contributed by atoms with E-state index in [1.54, 1.807) is 0 Å². The summed E-state index contributed by atoms with van der Waals surface area (Å²) >= 11 is 0. The van der Waals surface area contributed by atoms with Crippen LogP contribution in [0.3, 0.4) is 0 Å². The van der Waals surface area contributed by atoms with Crippen molar-refractivity contribution in [3.05, 3.63) is 60.2 Å². The summed E-state index contributed by atoms with van der Waals surface area (Å²) in [6, 6.07) is 19.4. The second-order valence-corrected chi connectivity index (χ2v) is 4.44. The summed E-state index contributed by atoms with van der Waals surface area (Å²) in [5.41, 5.74) is 9.85. The fourth-order valence-electron chi connectivity index (χ4n) is 1.96. The third-order valence-electron chi connectivity index (χ3n) is 3.06. The molecule has 0 bridgehead atoms. The Morgan fingerprint density at radius 2 is 1.61 bits per heavy atom. The van der Waals surface area contributed by atoms with Crippen LogP contribution in [0, 0.1) is 0 Å². The first-order chi connectivity index (χ1) is 8.29. The largest absolute Gasteiger partial charge is 0.327 e. The van der Waals surface area contributed by atoms with Gasteiger partial charge in [0, 0.05) is 6.04 Å². The summed E-state index contributed by atoms with van der Waals surface area (Å²) in [4.78, 5) is 0. The summed E-state index contributed by atoms with van der Waals surface area (Å²) in [5, 5.41) is 0. The van der Waals surface area contributed by atoms with E-state index in [0.29, 0.717) is 0 Å². The van der Waals surface area contributed by atoms with Gasteiger partial charge in [-0.2, -0.15) is 0 Å². The number of hydrogen-bond donors (Lipinski definition) is 1. The monoisotopic (exact) mass is 261 g/mol. The molecule has 0 aromatic heterocycles. The molecule has 0 saturated heterocycles. The number of halogens is 1. The minimum Gasteiger partial charge on any atom is -0.327 e. The fraction of sp³-hybridized carbons (Fsp3) is 0.250. The maximum atomic E-state index is 5.99. The van der Waals surface area contributed by atoms with Crippen molar-refractivity contribution >= 4 is 12.4 Å². The molecule has 0 aliphatic carbocycles.